The number of fused-ring (bicyclic) bond motifs is 1. The van der Waals surface area contributed by atoms with E-state index in [1.54, 1.807) is 12.1 Å². The number of carbonyl (C=O) groups is 1. The third kappa shape index (κ3) is 3.40. The van der Waals surface area contributed by atoms with Crippen molar-refractivity contribution >= 4 is 34.6 Å². The molecule has 1 amide bonds. The van der Waals surface area contributed by atoms with Gasteiger partial charge in [0.1, 0.15) is 11.3 Å². The Morgan fingerprint density at radius 3 is 2.73 bits per heavy atom. The van der Waals surface area contributed by atoms with Crippen molar-refractivity contribution in [2.75, 3.05) is 11.1 Å². The summed E-state index contributed by atoms with van der Waals surface area (Å²) in [7, 11) is 0. The Balaban J connectivity index is 1.41. The van der Waals surface area contributed by atoms with E-state index in [9.17, 15) is 9.59 Å². The van der Waals surface area contributed by atoms with Gasteiger partial charge in [0.25, 0.3) is 10.8 Å². The van der Waals surface area contributed by atoms with E-state index >= 15 is 0 Å². The molecular formula is C18H14N4O3S. The van der Waals surface area contributed by atoms with Gasteiger partial charge in [-0.25, -0.2) is 9.67 Å². The molecule has 0 atom stereocenters. The number of amides is 1. The summed E-state index contributed by atoms with van der Waals surface area (Å²) < 4.78 is 6.92. The predicted octanol–water partition coefficient (Wildman–Crippen LogP) is 3.04. The van der Waals surface area contributed by atoms with Crippen molar-refractivity contribution in [1.29, 1.82) is 0 Å². The third-order valence-electron chi connectivity index (χ3n) is 3.61. The lowest BCUT2D eigenvalue weighted by molar-refractivity contribution is -0.113. The molecule has 0 aliphatic rings. The molecule has 26 heavy (non-hydrogen) atoms. The highest BCUT2D eigenvalue weighted by atomic mass is 32.2. The van der Waals surface area contributed by atoms with Crippen LogP contribution in [-0.2, 0) is 4.79 Å². The Bertz CT molecular complexity index is 1080. The van der Waals surface area contributed by atoms with Gasteiger partial charge in [-0.05, 0) is 24.3 Å². The number of hydrogen-bond donors (Lipinski definition) is 2. The summed E-state index contributed by atoms with van der Waals surface area (Å²) in [5, 5.41) is 5.97. The summed E-state index contributed by atoms with van der Waals surface area (Å²) in [4.78, 5) is 28.5. The van der Waals surface area contributed by atoms with Crippen molar-refractivity contribution in [3.8, 4) is 5.69 Å². The first-order chi connectivity index (χ1) is 12.7. The van der Waals surface area contributed by atoms with Gasteiger partial charge >= 0.3 is 0 Å². The van der Waals surface area contributed by atoms with Crippen LogP contribution < -0.4 is 10.9 Å². The van der Waals surface area contributed by atoms with Gasteiger partial charge in [0.2, 0.25) is 5.91 Å². The molecule has 0 unspecified atom stereocenters. The second-order valence-corrected chi connectivity index (χ2v) is 6.39. The van der Waals surface area contributed by atoms with Crippen LogP contribution in [0.1, 0.15) is 0 Å². The molecule has 0 bridgehead atoms. The van der Waals surface area contributed by atoms with Crippen LogP contribution in [0, 0.1) is 0 Å². The number of nitrogens with zero attached hydrogens (tertiary/aromatic N) is 2. The van der Waals surface area contributed by atoms with Crippen LogP contribution in [-0.4, -0.2) is 26.4 Å². The van der Waals surface area contributed by atoms with Crippen LogP contribution in [0.2, 0.25) is 0 Å². The van der Waals surface area contributed by atoms with Crippen LogP contribution in [0.15, 0.2) is 75.1 Å². The maximum Gasteiger partial charge on any atom is 0.273 e. The number of anilines is 1. The number of hydrogen-bond acceptors (Lipinski definition) is 5. The SMILES string of the molecule is O=C(CSc1nc2ccccc2o1)Nc1cc(=O)n(-c2ccccc2)[nH]1. The smallest absolute Gasteiger partial charge is 0.273 e. The minimum atomic E-state index is -0.265. The van der Waals surface area contributed by atoms with Gasteiger partial charge in [-0.1, -0.05) is 42.1 Å². The zero-order valence-corrected chi connectivity index (χ0v) is 14.3. The summed E-state index contributed by atoms with van der Waals surface area (Å²) >= 11 is 1.19. The Kier molecular flexibility index (Phi) is 4.32. The molecule has 0 radical (unpaired) electrons. The number of para-hydroxylation sites is 3. The number of carbonyl (C=O) groups excluding carboxylic acids is 1. The molecular weight excluding hydrogens is 352 g/mol. The highest BCUT2D eigenvalue weighted by molar-refractivity contribution is 7.99. The van der Waals surface area contributed by atoms with Crippen LogP contribution in [0.4, 0.5) is 5.82 Å². The van der Waals surface area contributed by atoms with Gasteiger partial charge in [-0.2, -0.15) is 0 Å². The van der Waals surface area contributed by atoms with Crippen LogP contribution >= 0.6 is 11.8 Å². The van der Waals surface area contributed by atoms with Gasteiger partial charge in [0.15, 0.2) is 5.58 Å². The number of aromatic nitrogens is 3. The van der Waals surface area contributed by atoms with E-state index in [0.717, 1.165) is 5.52 Å². The average molecular weight is 366 g/mol. The van der Waals surface area contributed by atoms with E-state index in [1.807, 2.05) is 42.5 Å². The molecule has 2 aromatic heterocycles. The molecule has 0 spiro atoms. The summed E-state index contributed by atoms with van der Waals surface area (Å²) in [6, 6.07) is 17.9. The molecule has 4 rings (SSSR count). The van der Waals surface area contributed by atoms with Crippen molar-refractivity contribution in [1.82, 2.24) is 14.8 Å². The highest BCUT2D eigenvalue weighted by Gasteiger charge is 2.11. The van der Waals surface area contributed by atoms with Gasteiger partial charge in [-0.15, -0.1) is 0 Å². The Morgan fingerprint density at radius 1 is 1.15 bits per heavy atom. The summed E-state index contributed by atoms with van der Waals surface area (Å²) in [5.74, 6) is 0.187. The molecule has 0 fully saturated rings. The van der Waals surface area contributed by atoms with E-state index in [-0.39, 0.29) is 17.2 Å². The van der Waals surface area contributed by atoms with E-state index in [0.29, 0.717) is 22.3 Å². The second-order valence-electron chi connectivity index (χ2n) is 5.46. The van der Waals surface area contributed by atoms with Gasteiger partial charge < -0.3 is 9.73 Å². The van der Waals surface area contributed by atoms with Crippen molar-refractivity contribution in [2.45, 2.75) is 5.22 Å². The number of oxazole rings is 1. The zero-order valence-electron chi connectivity index (χ0n) is 13.5. The van der Waals surface area contributed by atoms with Crippen molar-refractivity contribution in [2.24, 2.45) is 0 Å². The van der Waals surface area contributed by atoms with Crippen LogP contribution in [0.5, 0.6) is 0 Å². The standard InChI is InChI=1S/C18H14N4O3S/c23-16(11-26-18-19-13-8-4-5-9-14(13)25-18)20-15-10-17(24)22(21-15)12-6-2-1-3-7-12/h1-10,21H,11H2,(H,20,23). The molecule has 130 valence electrons. The molecule has 2 aromatic carbocycles. The monoisotopic (exact) mass is 366 g/mol. The number of aromatic amines is 1. The number of H-pyrrole nitrogens is 1. The van der Waals surface area contributed by atoms with Crippen molar-refractivity contribution in [3.63, 3.8) is 0 Å². The fraction of sp³-hybridized carbons (Fsp3) is 0.0556. The average Bonchev–Trinajstić information content (AvgIpc) is 3.23. The topological polar surface area (TPSA) is 92.9 Å². The highest BCUT2D eigenvalue weighted by Crippen LogP contribution is 2.23. The first-order valence-electron chi connectivity index (χ1n) is 7.85. The van der Waals surface area contributed by atoms with E-state index in [2.05, 4.69) is 15.4 Å². The molecule has 2 heterocycles. The minimum Gasteiger partial charge on any atom is -0.431 e. The molecule has 4 aromatic rings. The van der Waals surface area contributed by atoms with Crippen LogP contribution in [0.25, 0.3) is 16.8 Å². The second kappa shape index (κ2) is 6.93. The van der Waals surface area contributed by atoms with E-state index in [4.69, 9.17) is 4.42 Å². The Labute approximate surface area is 152 Å². The summed E-state index contributed by atoms with van der Waals surface area (Å²) in [6.45, 7) is 0. The van der Waals surface area contributed by atoms with Gasteiger partial charge in [0.05, 0.1) is 11.4 Å². The first-order valence-corrected chi connectivity index (χ1v) is 8.83. The normalized spacial score (nSPS) is 10.9. The number of thioether (sulfide) groups is 1. The largest absolute Gasteiger partial charge is 0.431 e. The number of nitrogens with one attached hydrogen (secondary N) is 2. The third-order valence-corrected chi connectivity index (χ3v) is 4.44. The lowest BCUT2D eigenvalue weighted by atomic mass is 10.3. The zero-order chi connectivity index (χ0) is 17.9. The molecule has 0 saturated heterocycles. The van der Waals surface area contributed by atoms with Gasteiger partial charge in [-0.3, -0.25) is 14.7 Å². The van der Waals surface area contributed by atoms with Crippen LogP contribution in [0.3, 0.4) is 0 Å². The molecule has 0 aliphatic carbocycles. The Morgan fingerprint density at radius 2 is 1.92 bits per heavy atom. The molecule has 2 N–H and O–H groups in total. The fourth-order valence-corrected chi connectivity index (χ4v) is 3.09. The maximum atomic E-state index is 12.1. The van der Waals surface area contributed by atoms with Crippen molar-refractivity contribution in [3.05, 3.63) is 71.0 Å². The molecule has 7 nitrogen and oxygen atoms in total. The summed E-state index contributed by atoms with van der Waals surface area (Å²) in [6.07, 6.45) is 0. The lowest BCUT2D eigenvalue weighted by Gasteiger charge is -2.03. The van der Waals surface area contributed by atoms with E-state index < -0.39 is 0 Å². The quantitative estimate of drug-likeness (QED) is 0.530. The van der Waals surface area contributed by atoms with Gasteiger partial charge in [0, 0.05) is 6.07 Å². The molecule has 8 heteroatoms. The fourth-order valence-electron chi connectivity index (χ4n) is 2.46. The predicted molar refractivity (Wildman–Crippen MR) is 99.8 cm³/mol. The first kappa shape index (κ1) is 16.2. The maximum absolute atomic E-state index is 12.1. The van der Waals surface area contributed by atoms with Crippen molar-refractivity contribution < 1.29 is 9.21 Å². The molecule has 0 aliphatic heterocycles. The number of benzene rings is 2. The lowest BCUT2D eigenvalue weighted by Crippen LogP contribution is -2.15. The minimum absolute atomic E-state index is 0.116. The number of rotatable bonds is 5. The Hall–Kier alpha value is -3.26. The van der Waals surface area contributed by atoms with E-state index in [1.165, 1.54) is 22.5 Å². The molecule has 0 saturated carbocycles. The summed E-state index contributed by atoms with van der Waals surface area (Å²) in [5.41, 5.74) is 1.87.